The van der Waals surface area contributed by atoms with Crippen molar-refractivity contribution in [3.05, 3.63) is 176 Å². The zero-order valence-electron chi connectivity index (χ0n) is 23.6. The third kappa shape index (κ3) is 4.09. The average molecular weight is 568 g/mol. The van der Waals surface area contributed by atoms with Crippen LogP contribution >= 0.6 is 0 Å². The summed E-state index contributed by atoms with van der Waals surface area (Å²) < 4.78 is 8.75. The molecular formula is C40H29NOSi. The molecule has 0 aliphatic heterocycles. The molecule has 2 nitrogen and oxygen atoms in total. The summed E-state index contributed by atoms with van der Waals surface area (Å²) in [6.07, 6.45) is 2.01. The molecule has 0 saturated carbocycles. The summed E-state index contributed by atoms with van der Waals surface area (Å²) >= 11 is 0. The number of aromatic nitrogens is 1. The van der Waals surface area contributed by atoms with E-state index in [4.69, 9.17) is 4.42 Å². The van der Waals surface area contributed by atoms with Crippen molar-refractivity contribution in [3.63, 3.8) is 0 Å². The van der Waals surface area contributed by atoms with Crippen molar-refractivity contribution >= 4 is 50.6 Å². The van der Waals surface area contributed by atoms with Crippen molar-refractivity contribution in [1.29, 1.82) is 0 Å². The van der Waals surface area contributed by atoms with E-state index in [1.54, 1.807) is 0 Å². The summed E-state index contributed by atoms with van der Waals surface area (Å²) in [5.41, 5.74) is 4.66. The van der Waals surface area contributed by atoms with E-state index < -0.39 is 8.07 Å². The van der Waals surface area contributed by atoms with Gasteiger partial charge in [0.25, 0.3) is 0 Å². The summed E-state index contributed by atoms with van der Waals surface area (Å²) in [6, 6.07) is 61.3. The summed E-state index contributed by atoms with van der Waals surface area (Å²) in [5.74, 6) is 0.890. The number of hydrogen-bond acceptors (Lipinski definition) is 1. The first-order valence-corrected chi connectivity index (χ1v) is 16.7. The Morgan fingerprint density at radius 3 is 1.65 bits per heavy atom. The fourth-order valence-corrected chi connectivity index (χ4v) is 11.4. The van der Waals surface area contributed by atoms with Crippen LogP contribution in [0.15, 0.2) is 181 Å². The molecule has 0 amide bonds. The molecular weight excluding hydrogens is 539 g/mol. The minimum Gasteiger partial charge on any atom is -0.464 e. The van der Waals surface area contributed by atoms with Crippen LogP contribution in [0.3, 0.4) is 0 Å². The lowest BCUT2D eigenvalue weighted by atomic mass is 10.1. The normalized spacial score (nSPS) is 11.7. The molecule has 0 unspecified atom stereocenters. The van der Waals surface area contributed by atoms with Gasteiger partial charge in [-0.25, -0.2) is 0 Å². The highest BCUT2D eigenvalue weighted by molar-refractivity contribution is 7.20. The van der Waals surface area contributed by atoms with Crippen LogP contribution in [0.2, 0.25) is 0 Å². The fourth-order valence-electron chi connectivity index (χ4n) is 6.72. The lowest BCUT2D eigenvalue weighted by Gasteiger charge is -2.33. The Bertz CT molecular complexity index is 2130. The predicted octanol–water partition coefficient (Wildman–Crippen LogP) is 7.42. The number of furan rings is 1. The van der Waals surface area contributed by atoms with E-state index in [1.165, 1.54) is 48.2 Å². The molecule has 0 radical (unpaired) electrons. The first kappa shape index (κ1) is 25.3. The zero-order chi connectivity index (χ0) is 28.6. The number of rotatable bonds is 6. The molecule has 8 rings (SSSR count). The number of hydrogen-bond donors (Lipinski definition) is 0. The van der Waals surface area contributed by atoms with Gasteiger partial charge >= 0.3 is 0 Å². The summed E-state index contributed by atoms with van der Waals surface area (Å²) in [5, 5.41) is 7.72. The van der Waals surface area contributed by atoms with Crippen molar-refractivity contribution in [3.8, 4) is 17.0 Å². The van der Waals surface area contributed by atoms with E-state index in [0.717, 1.165) is 11.3 Å². The minimum absolute atomic E-state index is 0.890. The van der Waals surface area contributed by atoms with Crippen molar-refractivity contribution < 1.29 is 4.42 Å². The van der Waals surface area contributed by atoms with E-state index >= 15 is 0 Å². The molecule has 8 aromatic rings. The highest BCUT2D eigenvalue weighted by Gasteiger charge is 2.43. The molecule has 0 N–H and O–H groups in total. The third-order valence-electron chi connectivity index (χ3n) is 8.62. The highest BCUT2D eigenvalue weighted by atomic mass is 28.3. The molecule has 0 spiro atoms. The number of nitrogens with zero attached hydrogens (tertiary/aromatic N) is 1. The predicted molar refractivity (Wildman–Crippen MR) is 182 cm³/mol. The van der Waals surface area contributed by atoms with Gasteiger partial charge in [0.15, 0.2) is 8.07 Å². The summed E-state index contributed by atoms with van der Waals surface area (Å²) in [6.45, 7) is 0. The second kappa shape index (κ2) is 10.5. The van der Waals surface area contributed by atoms with E-state index in [-0.39, 0.29) is 0 Å². The van der Waals surface area contributed by atoms with Crippen LogP contribution < -0.4 is 20.7 Å². The SMILES string of the molecule is c1ccc(-c2cc([Si](c3ccccc3)(c3ccccc3)c3ccc4c(c3)c3ccccc3n4-c3ccccc3)co2)cc1. The van der Waals surface area contributed by atoms with Crippen LogP contribution in [-0.2, 0) is 0 Å². The Morgan fingerprint density at radius 1 is 0.419 bits per heavy atom. The van der Waals surface area contributed by atoms with Gasteiger partial charge in [0.2, 0.25) is 0 Å². The van der Waals surface area contributed by atoms with Gasteiger partial charge in [-0.05, 0) is 51.1 Å². The van der Waals surface area contributed by atoms with Crippen molar-refractivity contribution in [2.45, 2.75) is 0 Å². The fraction of sp³-hybridized carbons (Fsp3) is 0. The first-order chi connectivity index (χ1) is 21.3. The average Bonchev–Trinajstić information content (AvgIpc) is 3.71. The molecule has 0 atom stereocenters. The maximum absolute atomic E-state index is 6.37. The first-order valence-electron chi connectivity index (χ1n) is 14.7. The van der Waals surface area contributed by atoms with E-state index in [1.807, 2.05) is 12.3 Å². The van der Waals surface area contributed by atoms with Crippen LogP contribution in [0, 0.1) is 0 Å². The van der Waals surface area contributed by atoms with Gasteiger partial charge < -0.3 is 8.98 Å². The molecule has 3 heteroatoms. The van der Waals surface area contributed by atoms with Crippen molar-refractivity contribution in [2.24, 2.45) is 0 Å². The number of fused-ring (bicyclic) bond motifs is 3. The van der Waals surface area contributed by atoms with E-state index in [2.05, 4.69) is 168 Å². The van der Waals surface area contributed by atoms with Gasteiger partial charge in [0.05, 0.1) is 17.3 Å². The van der Waals surface area contributed by atoms with Crippen LogP contribution in [0.1, 0.15) is 0 Å². The van der Waals surface area contributed by atoms with Crippen molar-refractivity contribution in [1.82, 2.24) is 4.57 Å². The molecule has 0 saturated heterocycles. The lowest BCUT2D eigenvalue weighted by Crippen LogP contribution is -2.74. The molecule has 6 aromatic carbocycles. The molecule has 0 aliphatic carbocycles. The smallest absolute Gasteiger partial charge is 0.183 e. The lowest BCUT2D eigenvalue weighted by molar-refractivity contribution is 0.584. The topological polar surface area (TPSA) is 18.1 Å². The second-order valence-corrected chi connectivity index (χ2v) is 14.8. The molecule has 204 valence electrons. The third-order valence-corrected chi connectivity index (χ3v) is 13.3. The quantitative estimate of drug-likeness (QED) is 0.151. The molecule has 0 bridgehead atoms. The summed E-state index contributed by atoms with van der Waals surface area (Å²) in [4.78, 5) is 0. The Kier molecular flexibility index (Phi) is 6.17. The minimum atomic E-state index is -2.79. The maximum atomic E-state index is 6.37. The molecule has 2 heterocycles. The Hall–Kier alpha value is -5.38. The van der Waals surface area contributed by atoms with Crippen LogP contribution in [-0.4, -0.2) is 12.6 Å². The van der Waals surface area contributed by atoms with E-state index in [9.17, 15) is 0 Å². The van der Waals surface area contributed by atoms with Gasteiger partial charge in [0.1, 0.15) is 5.76 Å². The Morgan fingerprint density at radius 2 is 0.977 bits per heavy atom. The van der Waals surface area contributed by atoms with Gasteiger partial charge in [-0.15, -0.1) is 0 Å². The maximum Gasteiger partial charge on any atom is 0.183 e. The Labute approximate surface area is 252 Å². The highest BCUT2D eigenvalue weighted by Crippen LogP contribution is 2.32. The van der Waals surface area contributed by atoms with Crippen molar-refractivity contribution in [2.75, 3.05) is 0 Å². The molecule has 0 aliphatic rings. The standard InChI is InChI=1S/C40H29NOSi/c1-5-15-30(16-6-1)40-28-35(29-42-40)43(32-19-9-3-10-20-32,33-21-11-4-12-22-33)34-25-26-39-37(27-34)36-23-13-14-24-38(36)41(39)31-17-7-2-8-18-31/h1-29H. The monoisotopic (exact) mass is 567 g/mol. The second-order valence-electron chi connectivity index (χ2n) is 11.0. The van der Waals surface area contributed by atoms with Gasteiger partial charge in [-0.1, -0.05) is 140 Å². The van der Waals surface area contributed by atoms with Gasteiger partial charge in [-0.2, -0.15) is 0 Å². The van der Waals surface area contributed by atoms with Gasteiger partial charge in [0, 0.05) is 22.0 Å². The zero-order valence-corrected chi connectivity index (χ0v) is 24.6. The molecule has 0 fully saturated rings. The number of benzene rings is 6. The van der Waals surface area contributed by atoms with Gasteiger partial charge in [-0.3, -0.25) is 0 Å². The molecule has 2 aromatic heterocycles. The molecule has 43 heavy (non-hydrogen) atoms. The van der Waals surface area contributed by atoms with E-state index in [0.29, 0.717) is 0 Å². The Balaban J connectivity index is 1.46. The van der Waals surface area contributed by atoms with Crippen LogP contribution in [0.25, 0.3) is 38.8 Å². The number of para-hydroxylation sites is 2. The van der Waals surface area contributed by atoms with Crippen LogP contribution in [0.4, 0.5) is 0 Å². The van der Waals surface area contributed by atoms with Crippen LogP contribution in [0.5, 0.6) is 0 Å². The summed E-state index contributed by atoms with van der Waals surface area (Å²) in [7, 11) is -2.79. The largest absolute Gasteiger partial charge is 0.464 e.